The topological polar surface area (TPSA) is 41.1 Å². The summed E-state index contributed by atoms with van der Waals surface area (Å²) >= 11 is 0. The lowest BCUT2D eigenvalue weighted by atomic mass is 9.77. The van der Waals surface area contributed by atoms with E-state index in [-0.39, 0.29) is 16.7 Å². The van der Waals surface area contributed by atoms with Gasteiger partial charge in [-0.25, -0.2) is 0 Å². The second-order valence-corrected chi connectivity index (χ2v) is 6.16. The molecular weight excluding hydrogens is 200 g/mol. The molecule has 1 aliphatic heterocycles. The molecule has 0 aromatic carbocycles. The van der Waals surface area contributed by atoms with Crippen LogP contribution in [0.25, 0.3) is 0 Å². The zero-order valence-corrected chi connectivity index (χ0v) is 11.2. The van der Waals surface area contributed by atoms with Crippen molar-refractivity contribution in [1.29, 1.82) is 0 Å². The Kier molecular flexibility index (Phi) is 4.36. The molecule has 16 heavy (non-hydrogen) atoms. The van der Waals surface area contributed by atoms with E-state index in [0.717, 1.165) is 38.9 Å². The molecule has 1 saturated heterocycles. The maximum absolute atomic E-state index is 12.2. The Labute approximate surface area is 99.4 Å². The third-order valence-electron chi connectivity index (χ3n) is 3.41. The van der Waals surface area contributed by atoms with Gasteiger partial charge in [-0.05, 0) is 31.2 Å². The van der Waals surface area contributed by atoms with Crippen LogP contribution in [-0.4, -0.2) is 25.5 Å². The van der Waals surface area contributed by atoms with E-state index in [9.17, 15) is 4.79 Å². The fourth-order valence-electron chi connectivity index (χ4n) is 2.16. The van der Waals surface area contributed by atoms with Crippen molar-refractivity contribution in [2.75, 3.05) is 19.6 Å². The number of carbonyl (C=O) groups is 1. The lowest BCUT2D eigenvalue weighted by Crippen LogP contribution is -2.51. The van der Waals surface area contributed by atoms with Gasteiger partial charge in [-0.2, -0.15) is 0 Å². The molecule has 0 radical (unpaired) electrons. The predicted molar refractivity (Wildman–Crippen MR) is 67.3 cm³/mol. The van der Waals surface area contributed by atoms with Crippen molar-refractivity contribution >= 4 is 5.91 Å². The number of piperidine rings is 1. The van der Waals surface area contributed by atoms with E-state index in [2.05, 4.69) is 38.3 Å². The van der Waals surface area contributed by atoms with E-state index in [1.165, 1.54) is 0 Å². The normalized spacial score (nSPS) is 26.5. The molecule has 0 aromatic heterocycles. The molecular formula is C13H26N2O. The minimum atomic E-state index is -0.163. The molecule has 0 aliphatic carbocycles. The summed E-state index contributed by atoms with van der Waals surface area (Å²) in [6.07, 6.45) is 3.05. The quantitative estimate of drug-likeness (QED) is 0.772. The number of hydrogen-bond acceptors (Lipinski definition) is 2. The van der Waals surface area contributed by atoms with Gasteiger partial charge in [0.05, 0.1) is 5.41 Å². The molecule has 0 bridgehead atoms. The minimum absolute atomic E-state index is 0.159. The van der Waals surface area contributed by atoms with Gasteiger partial charge >= 0.3 is 0 Å². The highest BCUT2D eigenvalue weighted by Crippen LogP contribution is 2.30. The van der Waals surface area contributed by atoms with Crippen molar-refractivity contribution in [2.45, 2.75) is 47.0 Å². The summed E-state index contributed by atoms with van der Waals surface area (Å²) in [5.41, 5.74) is -0.00378. The molecule has 0 spiro atoms. The molecule has 0 aromatic rings. The van der Waals surface area contributed by atoms with Crippen LogP contribution in [0.1, 0.15) is 47.0 Å². The summed E-state index contributed by atoms with van der Waals surface area (Å²) in [5.74, 6) is 0.233. The number of rotatable bonds is 3. The summed E-state index contributed by atoms with van der Waals surface area (Å²) in [6, 6.07) is 0. The standard InChI is InChI=1S/C13H26N2O/c1-5-13(7-6-8-14-10-13)11(16)15-9-12(2,3)4/h14H,5-10H2,1-4H3,(H,15,16). The molecule has 1 aliphatic rings. The summed E-state index contributed by atoms with van der Waals surface area (Å²) < 4.78 is 0. The fraction of sp³-hybridized carbons (Fsp3) is 0.923. The van der Waals surface area contributed by atoms with E-state index in [1.807, 2.05) is 0 Å². The van der Waals surface area contributed by atoms with Crippen LogP contribution in [0.2, 0.25) is 0 Å². The van der Waals surface area contributed by atoms with Crippen molar-refractivity contribution in [2.24, 2.45) is 10.8 Å². The summed E-state index contributed by atoms with van der Waals surface area (Å²) in [5, 5.41) is 6.45. The molecule has 1 atom stereocenters. The molecule has 94 valence electrons. The van der Waals surface area contributed by atoms with Crippen molar-refractivity contribution in [3.05, 3.63) is 0 Å². The Bertz CT molecular complexity index is 237. The Morgan fingerprint density at radius 2 is 2.12 bits per heavy atom. The highest BCUT2D eigenvalue weighted by atomic mass is 16.2. The maximum Gasteiger partial charge on any atom is 0.227 e. The average molecular weight is 226 g/mol. The predicted octanol–water partition coefficient (Wildman–Crippen LogP) is 1.93. The second kappa shape index (κ2) is 5.17. The van der Waals surface area contributed by atoms with Crippen LogP contribution in [-0.2, 0) is 4.79 Å². The first-order valence-electron chi connectivity index (χ1n) is 6.39. The van der Waals surface area contributed by atoms with E-state index in [1.54, 1.807) is 0 Å². The summed E-state index contributed by atoms with van der Waals surface area (Å²) in [4.78, 5) is 12.2. The van der Waals surface area contributed by atoms with Crippen molar-refractivity contribution in [3.63, 3.8) is 0 Å². The lowest BCUT2D eigenvalue weighted by molar-refractivity contribution is -0.132. The van der Waals surface area contributed by atoms with Gasteiger partial charge < -0.3 is 10.6 Å². The van der Waals surface area contributed by atoms with Crippen molar-refractivity contribution in [3.8, 4) is 0 Å². The van der Waals surface area contributed by atoms with Crippen LogP contribution in [0.4, 0.5) is 0 Å². The first-order chi connectivity index (χ1) is 7.40. The first-order valence-corrected chi connectivity index (χ1v) is 6.39. The SMILES string of the molecule is CCC1(C(=O)NCC(C)(C)C)CCCNC1. The molecule has 1 fully saturated rings. The highest BCUT2D eigenvalue weighted by molar-refractivity contribution is 5.83. The number of amides is 1. The van der Waals surface area contributed by atoms with Crippen LogP contribution in [0, 0.1) is 10.8 Å². The lowest BCUT2D eigenvalue weighted by Gasteiger charge is -2.36. The van der Waals surface area contributed by atoms with E-state index in [4.69, 9.17) is 0 Å². The summed E-state index contributed by atoms with van der Waals surface area (Å²) in [6.45, 7) is 11.2. The van der Waals surface area contributed by atoms with Gasteiger partial charge in [-0.3, -0.25) is 4.79 Å². The molecule has 1 heterocycles. The Balaban J connectivity index is 2.55. The monoisotopic (exact) mass is 226 g/mol. The molecule has 1 rings (SSSR count). The third kappa shape index (κ3) is 3.48. The Hall–Kier alpha value is -0.570. The highest BCUT2D eigenvalue weighted by Gasteiger charge is 2.37. The third-order valence-corrected chi connectivity index (χ3v) is 3.41. The smallest absolute Gasteiger partial charge is 0.227 e. The zero-order valence-electron chi connectivity index (χ0n) is 11.2. The maximum atomic E-state index is 12.2. The molecule has 1 amide bonds. The van der Waals surface area contributed by atoms with Crippen LogP contribution in [0.5, 0.6) is 0 Å². The number of carbonyl (C=O) groups excluding carboxylic acids is 1. The average Bonchev–Trinajstić information content (AvgIpc) is 2.25. The van der Waals surface area contributed by atoms with Crippen molar-refractivity contribution < 1.29 is 4.79 Å². The van der Waals surface area contributed by atoms with Gasteiger partial charge in [0.25, 0.3) is 0 Å². The van der Waals surface area contributed by atoms with Gasteiger partial charge in [0.15, 0.2) is 0 Å². The van der Waals surface area contributed by atoms with E-state index >= 15 is 0 Å². The Morgan fingerprint density at radius 3 is 2.56 bits per heavy atom. The zero-order chi connectivity index (χ0) is 12.2. The number of nitrogens with one attached hydrogen (secondary N) is 2. The van der Waals surface area contributed by atoms with Crippen LogP contribution < -0.4 is 10.6 Å². The minimum Gasteiger partial charge on any atom is -0.355 e. The molecule has 0 saturated carbocycles. The molecule has 1 unspecified atom stereocenters. The summed E-state index contributed by atoms with van der Waals surface area (Å²) in [7, 11) is 0. The van der Waals surface area contributed by atoms with Gasteiger partial charge in [0, 0.05) is 13.1 Å². The van der Waals surface area contributed by atoms with Gasteiger partial charge in [-0.1, -0.05) is 27.7 Å². The number of hydrogen-bond donors (Lipinski definition) is 2. The largest absolute Gasteiger partial charge is 0.355 e. The van der Waals surface area contributed by atoms with Crippen LogP contribution in [0.15, 0.2) is 0 Å². The van der Waals surface area contributed by atoms with Crippen LogP contribution in [0.3, 0.4) is 0 Å². The van der Waals surface area contributed by atoms with E-state index in [0.29, 0.717) is 0 Å². The second-order valence-electron chi connectivity index (χ2n) is 6.16. The first kappa shape index (κ1) is 13.5. The fourth-order valence-corrected chi connectivity index (χ4v) is 2.16. The Morgan fingerprint density at radius 1 is 1.44 bits per heavy atom. The molecule has 3 heteroatoms. The van der Waals surface area contributed by atoms with E-state index < -0.39 is 0 Å². The van der Waals surface area contributed by atoms with Crippen LogP contribution >= 0.6 is 0 Å². The van der Waals surface area contributed by atoms with Gasteiger partial charge in [0.1, 0.15) is 0 Å². The van der Waals surface area contributed by atoms with Crippen molar-refractivity contribution in [1.82, 2.24) is 10.6 Å². The molecule has 3 nitrogen and oxygen atoms in total. The molecule has 2 N–H and O–H groups in total. The van der Waals surface area contributed by atoms with Gasteiger partial charge in [-0.15, -0.1) is 0 Å². The van der Waals surface area contributed by atoms with Gasteiger partial charge in [0.2, 0.25) is 5.91 Å².